The van der Waals surface area contributed by atoms with E-state index >= 15 is 0 Å². The Labute approximate surface area is 130 Å². The molecule has 0 spiro atoms. The van der Waals surface area contributed by atoms with Crippen LogP contribution in [0.1, 0.15) is 19.3 Å². The van der Waals surface area contributed by atoms with Gasteiger partial charge in [0, 0.05) is 30.6 Å². The summed E-state index contributed by atoms with van der Waals surface area (Å²) in [5.74, 6) is 3.41. The van der Waals surface area contributed by atoms with Crippen molar-refractivity contribution < 1.29 is 4.74 Å². The molecule has 0 N–H and O–H groups in total. The molecule has 1 fully saturated rings. The predicted molar refractivity (Wildman–Crippen MR) is 88.6 cm³/mol. The quantitative estimate of drug-likeness (QED) is 0.796. The van der Waals surface area contributed by atoms with Crippen LogP contribution >= 0.6 is 11.6 Å². The molecule has 2 heterocycles. The molecule has 0 aliphatic carbocycles. The van der Waals surface area contributed by atoms with Crippen LogP contribution in [-0.2, 0) is 0 Å². The van der Waals surface area contributed by atoms with Gasteiger partial charge in [0.25, 0.3) is 0 Å². The highest BCUT2D eigenvalue weighted by atomic mass is 35.5. The second kappa shape index (κ2) is 6.52. The molecule has 0 bridgehead atoms. The zero-order chi connectivity index (χ0) is 14.7. The van der Waals surface area contributed by atoms with Crippen molar-refractivity contribution in [2.24, 2.45) is 5.92 Å². The number of hydrogen-bond acceptors (Lipinski definition) is 3. The Kier molecular flexibility index (Phi) is 4.49. The first kappa shape index (κ1) is 14.5. The summed E-state index contributed by atoms with van der Waals surface area (Å²) in [5, 5.41) is 2.38. The third-order valence-electron chi connectivity index (χ3n) is 4.29. The van der Waals surface area contributed by atoms with E-state index in [0.29, 0.717) is 5.92 Å². The van der Waals surface area contributed by atoms with Crippen molar-refractivity contribution in [2.45, 2.75) is 19.3 Å². The number of aromatic nitrogens is 1. The molecule has 0 radical (unpaired) electrons. The number of piperidine rings is 1. The van der Waals surface area contributed by atoms with E-state index in [9.17, 15) is 0 Å². The van der Waals surface area contributed by atoms with Crippen LogP contribution in [0.4, 0.5) is 5.82 Å². The lowest BCUT2D eigenvalue weighted by molar-refractivity contribution is 0.405. The van der Waals surface area contributed by atoms with Gasteiger partial charge in [-0.25, -0.2) is 4.98 Å². The van der Waals surface area contributed by atoms with Crippen LogP contribution in [-0.4, -0.2) is 31.1 Å². The number of nitrogens with zero attached hydrogens (tertiary/aromatic N) is 2. The lowest BCUT2D eigenvalue weighted by atomic mass is 9.95. The Morgan fingerprint density at radius 1 is 1.38 bits per heavy atom. The summed E-state index contributed by atoms with van der Waals surface area (Å²) in [6, 6.07) is 8.23. The van der Waals surface area contributed by atoms with E-state index in [1.165, 1.54) is 23.6 Å². The topological polar surface area (TPSA) is 25.4 Å². The van der Waals surface area contributed by atoms with Gasteiger partial charge in [-0.3, -0.25) is 0 Å². The van der Waals surface area contributed by atoms with Gasteiger partial charge < -0.3 is 9.64 Å². The van der Waals surface area contributed by atoms with Crippen molar-refractivity contribution in [1.29, 1.82) is 0 Å². The summed E-state index contributed by atoms with van der Waals surface area (Å²) in [6.45, 7) is 2.14. The minimum Gasteiger partial charge on any atom is -0.497 e. The molecule has 0 amide bonds. The summed E-state index contributed by atoms with van der Waals surface area (Å²) >= 11 is 5.91. The third kappa shape index (κ3) is 3.08. The van der Waals surface area contributed by atoms with Gasteiger partial charge in [-0.1, -0.05) is 0 Å². The maximum atomic E-state index is 5.91. The van der Waals surface area contributed by atoms with Crippen molar-refractivity contribution in [1.82, 2.24) is 4.98 Å². The first-order valence-electron chi connectivity index (χ1n) is 7.55. The summed E-state index contributed by atoms with van der Waals surface area (Å²) < 4.78 is 5.31. The number of benzene rings is 1. The fourth-order valence-electron chi connectivity index (χ4n) is 3.17. The number of alkyl halides is 1. The van der Waals surface area contributed by atoms with Crippen LogP contribution in [0.3, 0.4) is 0 Å². The lowest BCUT2D eigenvalue weighted by Gasteiger charge is -2.34. The number of ether oxygens (including phenoxy) is 1. The third-order valence-corrected chi connectivity index (χ3v) is 4.50. The molecule has 1 aliphatic rings. The second-order valence-corrected chi connectivity index (χ2v) is 6.03. The summed E-state index contributed by atoms with van der Waals surface area (Å²) in [4.78, 5) is 7.04. The molecule has 1 aromatic carbocycles. The van der Waals surface area contributed by atoms with E-state index in [2.05, 4.69) is 22.0 Å². The lowest BCUT2D eigenvalue weighted by Crippen LogP contribution is -2.36. The Morgan fingerprint density at radius 3 is 3.10 bits per heavy atom. The molecule has 4 heteroatoms. The molecule has 3 rings (SSSR count). The molecule has 3 nitrogen and oxygen atoms in total. The summed E-state index contributed by atoms with van der Waals surface area (Å²) in [5.41, 5.74) is 0. The number of hydrogen-bond donors (Lipinski definition) is 0. The molecular formula is C17H21ClN2O. The maximum absolute atomic E-state index is 5.91. The Bertz CT molecular complexity index is 615. The number of rotatable bonds is 4. The van der Waals surface area contributed by atoms with Crippen LogP contribution in [0.15, 0.2) is 30.5 Å². The van der Waals surface area contributed by atoms with Gasteiger partial charge in [-0.15, -0.1) is 11.6 Å². The SMILES string of the molecule is COc1ccc2c(N3CCCC(CCCl)C3)nccc2c1. The van der Waals surface area contributed by atoms with E-state index in [1.807, 2.05) is 18.3 Å². The molecule has 1 atom stereocenters. The monoisotopic (exact) mass is 304 g/mol. The summed E-state index contributed by atoms with van der Waals surface area (Å²) in [6.07, 6.45) is 5.48. The van der Waals surface area contributed by atoms with Gasteiger partial charge in [-0.05, 0) is 54.8 Å². The van der Waals surface area contributed by atoms with Gasteiger partial charge in [0.15, 0.2) is 0 Å². The number of methoxy groups -OCH3 is 1. The van der Waals surface area contributed by atoms with Crippen molar-refractivity contribution in [3.05, 3.63) is 30.5 Å². The Balaban J connectivity index is 1.92. The first-order valence-corrected chi connectivity index (χ1v) is 8.09. The van der Waals surface area contributed by atoms with Crippen LogP contribution < -0.4 is 9.64 Å². The second-order valence-electron chi connectivity index (χ2n) is 5.65. The summed E-state index contributed by atoms with van der Waals surface area (Å²) in [7, 11) is 1.70. The fourth-order valence-corrected chi connectivity index (χ4v) is 3.47. The van der Waals surface area contributed by atoms with Crippen molar-refractivity contribution in [3.63, 3.8) is 0 Å². The van der Waals surface area contributed by atoms with Crippen molar-refractivity contribution in [3.8, 4) is 5.75 Å². The van der Waals surface area contributed by atoms with Crippen LogP contribution in [0.25, 0.3) is 10.8 Å². The molecule has 1 aliphatic heterocycles. The van der Waals surface area contributed by atoms with Crippen LogP contribution in [0.5, 0.6) is 5.75 Å². The number of anilines is 1. The molecule has 0 saturated carbocycles. The predicted octanol–water partition coefficient (Wildman–Crippen LogP) is 4.09. The maximum Gasteiger partial charge on any atom is 0.136 e. The highest BCUT2D eigenvalue weighted by Gasteiger charge is 2.21. The minimum absolute atomic E-state index is 0.687. The Morgan fingerprint density at radius 2 is 2.29 bits per heavy atom. The van der Waals surface area contributed by atoms with E-state index in [1.54, 1.807) is 7.11 Å². The number of pyridine rings is 1. The molecule has 21 heavy (non-hydrogen) atoms. The first-order chi connectivity index (χ1) is 10.3. The molecular weight excluding hydrogens is 284 g/mol. The molecule has 112 valence electrons. The Hall–Kier alpha value is -1.48. The van der Waals surface area contributed by atoms with E-state index in [4.69, 9.17) is 16.3 Å². The number of halogens is 1. The smallest absolute Gasteiger partial charge is 0.136 e. The van der Waals surface area contributed by atoms with Gasteiger partial charge in [0.1, 0.15) is 11.6 Å². The van der Waals surface area contributed by atoms with Gasteiger partial charge in [-0.2, -0.15) is 0 Å². The average Bonchev–Trinajstić information content (AvgIpc) is 2.54. The highest BCUT2D eigenvalue weighted by Crippen LogP contribution is 2.31. The van der Waals surface area contributed by atoms with Crippen LogP contribution in [0, 0.1) is 5.92 Å². The van der Waals surface area contributed by atoms with E-state index in [0.717, 1.165) is 37.0 Å². The van der Waals surface area contributed by atoms with Gasteiger partial charge in [0.05, 0.1) is 7.11 Å². The van der Waals surface area contributed by atoms with E-state index < -0.39 is 0 Å². The van der Waals surface area contributed by atoms with E-state index in [-0.39, 0.29) is 0 Å². The molecule has 1 unspecified atom stereocenters. The zero-order valence-corrected chi connectivity index (χ0v) is 13.1. The molecule has 1 saturated heterocycles. The van der Waals surface area contributed by atoms with Gasteiger partial charge in [0.2, 0.25) is 0 Å². The largest absolute Gasteiger partial charge is 0.497 e. The fraction of sp³-hybridized carbons (Fsp3) is 0.471. The highest BCUT2D eigenvalue weighted by molar-refractivity contribution is 6.17. The zero-order valence-electron chi connectivity index (χ0n) is 12.4. The normalized spacial score (nSPS) is 19.0. The van der Waals surface area contributed by atoms with Crippen molar-refractivity contribution >= 4 is 28.2 Å². The van der Waals surface area contributed by atoms with Crippen LogP contribution in [0.2, 0.25) is 0 Å². The minimum atomic E-state index is 0.687. The molecule has 1 aromatic heterocycles. The average molecular weight is 305 g/mol. The van der Waals surface area contributed by atoms with Crippen molar-refractivity contribution in [2.75, 3.05) is 31.0 Å². The number of fused-ring (bicyclic) bond motifs is 1. The standard InChI is InChI=1S/C17H21ClN2O/c1-21-15-4-5-16-14(11-15)7-9-19-17(16)20-10-2-3-13(12-20)6-8-18/h4-5,7,9,11,13H,2-3,6,8,10,12H2,1H3. The van der Waals surface area contributed by atoms with Gasteiger partial charge >= 0.3 is 0 Å². The molecule has 2 aromatic rings.